The molecule has 31 heavy (non-hydrogen) atoms. The van der Waals surface area contributed by atoms with Crippen LogP contribution in [0.1, 0.15) is 38.9 Å². The molecule has 1 aliphatic rings. The van der Waals surface area contributed by atoms with E-state index in [-0.39, 0.29) is 17.9 Å². The van der Waals surface area contributed by atoms with Crippen LogP contribution in [0.25, 0.3) is 22.3 Å². The minimum Gasteiger partial charge on any atom is -0.477 e. The fraction of sp³-hybridized carbons (Fsp3) is 0.478. The van der Waals surface area contributed by atoms with Gasteiger partial charge in [-0.1, -0.05) is 0 Å². The van der Waals surface area contributed by atoms with E-state index in [2.05, 4.69) is 24.1 Å². The maximum absolute atomic E-state index is 11.9. The van der Waals surface area contributed by atoms with E-state index in [4.69, 9.17) is 14.8 Å². The Hall–Kier alpha value is -3.16. The third kappa shape index (κ3) is 4.06. The highest BCUT2D eigenvalue weighted by Crippen LogP contribution is 2.34. The summed E-state index contributed by atoms with van der Waals surface area (Å²) in [5.41, 5.74) is 5.32. The number of nitrogens with zero attached hydrogens (tertiary/aromatic N) is 5. The lowest BCUT2D eigenvalue weighted by Crippen LogP contribution is -2.21. The molecule has 0 aliphatic carbocycles. The highest BCUT2D eigenvalue weighted by Gasteiger charge is 2.27. The van der Waals surface area contributed by atoms with Gasteiger partial charge in [0.2, 0.25) is 11.8 Å². The number of pyridine rings is 2. The molecule has 1 aliphatic heterocycles. The van der Waals surface area contributed by atoms with E-state index in [1.54, 1.807) is 11.1 Å². The average Bonchev–Trinajstić information content (AvgIpc) is 3.26. The van der Waals surface area contributed by atoms with Gasteiger partial charge in [0.05, 0.1) is 29.2 Å². The van der Waals surface area contributed by atoms with E-state index in [9.17, 15) is 4.79 Å². The molecule has 1 fully saturated rings. The van der Waals surface area contributed by atoms with Crippen molar-refractivity contribution in [3.63, 3.8) is 0 Å². The summed E-state index contributed by atoms with van der Waals surface area (Å²) in [7, 11) is 1.86. The number of aromatic nitrogens is 4. The Morgan fingerprint density at radius 1 is 1.35 bits per heavy atom. The summed E-state index contributed by atoms with van der Waals surface area (Å²) >= 11 is 0. The van der Waals surface area contributed by atoms with Crippen molar-refractivity contribution in [2.45, 2.75) is 40.2 Å². The van der Waals surface area contributed by atoms with Crippen molar-refractivity contribution in [3.05, 3.63) is 30.1 Å². The van der Waals surface area contributed by atoms with Crippen molar-refractivity contribution in [3.8, 4) is 17.1 Å². The van der Waals surface area contributed by atoms with Gasteiger partial charge in [0.1, 0.15) is 11.0 Å². The lowest BCUT2D eigenvalue weighted by atomic mass is 10.1. The molecular weight excluding hydrogens is 392 g/mol. The first kappa shape index (κ1) is 21.1. The first-order chi connectivity index (χ1) is 14.9. The Kier molecular flexibility index (Phi) is 5.80. The molecule has 0 radical (unpaired) electrons. The quantitative estimate of drug-likeness (QED) is 0.625. The lowest BCUT2D eigenvalue weighted by Gasteiger charge is -2.17. The molecule has 1 amide bonds. The number of rotatable bonds is 7. The van der Waals surface area contributed by atoms with Crippen molar-refractivity contribution in [2.75, 3.05) is 32.1 Å². The van der Waals surface area contributed by atoms with E-state index in [0.29, 0.717) is 25.5 Å². The highest BCUT2D eigenvalue weighted by atomic mass is 16.5. The minimum absolute atomic E-state index is 0.195. The predicted octanol–water partition coefficient (Wildman–Crippen LogP) is 3.67. The molecule has 3 aromatic rings. The first-order valence-electron chi connectivity index (χ1n) is 10.8. The standard InChI is InChI=1S/C23H30N6O2/c1-6-31-23-17(8-7-9-24-23)18-11-19(25-12-16-10-20(30)28(5)13-16)22-21(26-18)15(4)27-29(22)14(2)3/h7-9,11,14,16H,6,10,12-13H2,1-5H3,(H,25,26). The zero-order valence-electron chi connectivity index (χ0n) is 18.8. The number of hydrogen-bond acceptors (Lipinski definition) is 6. The number of anilines is 1. The largest absolute Gasteiger partial charge is 0.477 e. The maximum atomic E-state index is 11.9. The van der Waals surface area contributed by atoms with Crippen LogP contribution in [0.15, 0.2) is 24.4 Å². The molecule has 1 N–H and O–H groups in total. The molecule has 3 aromatic heterocycles. The number of carbonyl (C=O) groups excluding carboxylic acids is 1. The van der Waals surface area contributed by atoms with Crippen LogP contribution in [-0.2, 0) is 4.79 Å². The van der Waals surface area contributed by atoms with Crippen LogP contribution in [0.3, 0.4) is 0 Å². The van der Waals surface area contributed by atoms with Gasteiger partial charge in [-0.25, -0.2) is 9.97 Å². The Morgan fingerprint density at radius 3 is 2.84 bits per heavy atom. The Morgan fingerprint density at radius 2 is 2.16 bits per heavy atom. The van der Waals surface area contributed by atoms with Crippen LogP contribution >= 0.6 is 0 Å². The molecule has 0 bridgehead atoms. The Balaban J connectivity index is 1.79. The van der Waals surface area contributed by atoms with Crippen molar-refractivity contribution in [1.82, 2.24) is 24.6 Å². The van der Waals surface area contributed by atoms with Crippen LogP contribution in [0.5, 0.6) is 5.88 Å². The summed E-state index contributed by atoms with van der Waals surface area (Å²) in [5, 5.41) is 8.35. The first-order valence-corrected chi connectivity index (χ1v) is 10.8. The summed E-state index contributed by atoms with van der Waals surface area (Å²) in [5.74, 6) is 1.05. The van der Waals surface area contributed by atoms with Crippen molar-refractivity contribution < 1.29 is 9.53 Å². The molecule has 1 saturated heterocycles. The minimum atomic E-state index is 0.195. The van der Waals surface area contributed by atoms with Gasteiger partial charge in [0.15, 0.2) is 0 Å². The maximum Gasteiger partial charge on any atom is 0.222 e. The molecule has 0 aromatic carbocycles. The van der Waals surface area contributed by atoms with Gasteiger partial charge in [0, 0.05) is 44.7 Å². The smallest absolute Gasteiger partial charge is 0.222 e. The summed E-state index contributed by atoms with van der Waals surface area (Å²) in [6.45, 7) is 10.2. The third-order valence-corrected chi connectivity index (χ3v) is 5.64. The van der Waals surface area contributed by atoms with Crippen molar-refractivity contribution in [1.29, 1.82) is 0 Å². The van der Waals surface area contributed by atoms with Gasteiger partial charge in [-0.3, -0.25) is 9.48 Å². The van der Waals surface area contributed by atoms with Gasteiger partial charge in [-0.05, 0) is 45.9 Å². The normalized spacial score (nSPS) is 16.5. The van der Waals surface area contributed by atoms with Crippen LogP contribution in [-0.4, -0.2) is 57.3 Å². The topological polar surface area (TPSA) is 85.2 Å². The van der Waals surface area contributed by atoms with E-state index < -0.39 is 0 Å². The second-order valence-corrected chi connectivity index (χ2v) is 8.39. The van der Waals surface area contributed by atoms with Crippen LogP contribution in [0.4, 0.5) is 5.69 Å². The van der Waals surface area contributed by atoms with Gasteiger partial charge >= 0.3 is 0 Å². The summed E-state index contributed by atoms with van der Waals surface area (Å²) in [6, 6.07) is 6.10. The average molecular weight is 423 g/mol. The number of amides is 1. The van der Waals surface area contributed by atoms with Gasteiger partial charge < -0.3 is 15.0 Å². The predicted molar refractivity (Wildman–Crippen MR) is 121 cm³/mol. The fourth-order valence-corrected chi connectivity index (χ4v) is 4.11. The molecule has 8 nitrogen and oxygen atoms in total. The SMILES string of the molecule is CCOc1ncccc1-c1cc(NCC2CC(=O)N(C)C2)c2c(n1)c(C)nn2C(C)C. The molecule has 4 rings (SSSR count). The summed E-state index contributed by atoms with van der Waals surface area (Å²) < 4.78 is 7.76. The number of carbonyl (C=O) groups is 1. The Bertz CT molecular complexity index is 1110. The van der Waals surface area contributed by atoms with Gasteiger partial charge in [0.25, 0.3) is 0 Å². The molecule has 8 heteroatoms. The molecule has 1 unspecified atom stereocenters. The van der Waals surface area contributed by atoms with Crippen molar-refractivity contribution >= 4 is 22.6 Å². The zero-order chi connectivity index (χ0) is 22.1. The highest BCUT2D eigenvalue weighted by molar-refractivity contribution is 5.93. The fourth-order valence-electron chi connectivity index (χ4n) is 4.11. The van der Waals surface area contributed by atoms with Crippen molar-refractivity contribution in [2.24, 2.45) is 5.92 Å². The molecule has 4 heterocycles. The van der Waals surface area contributed by atoms with E-state index in [1.807, 2.05) is 43.8 Å². The van der Waals surface area contributed by atoms with Gasteiger partial charge in [-0.2, -0.15) is 5.10 Å². The molecule has 0 saturated carbocycles. The van der Waals surface area contributed by atoms with Gasteiger partial charge in [-0.15, -0.1) is 0 Å². The van der Waals surface area contributed by atoms with E-state index >= 15 is 0 Å². The molecule has 1 atom stereocenters. The zero-order valence-corrected chi connectivity index (χ0v) is 18.8. The monoisotopic (exact) mass is 422 g/mol. The number of nitrogens with one attached hydrogen (secondary N) is 1. The number of likely N-dealkylation sites (tertiary alicyclic amines) is 1. The molecular formula is C23H30N6O2. The second-order valence-electron chi connectivity index (χ2n) is 8.39. The van der Waals surface area contributed by atoms with Crippen LogP contribution < -0.4 is 10.1 Å². The van der Waals surface area contributed by atoms with Crippen LogP contribution in [0.2, 0.25) is 0 Å². The number of aryl methyl sites for hydroxylation is 1. The summed E-state index contributed by atoms with van der Waals surface area (Å²) in [4.78, 5) is 23.1. The van der Waals surface area contributed by atoms with E-state index in [0.717, 1.165) is 40.2 Å². The third-order valence-electron chi connectivity index (χ3n) is 5.64. The number of hydrogen-bond donors (Lipinski definition) is 1. The summed E-state index contributed by atoms with van der Waals surface area (Å²) in [6.07, 6.45) is 2.30. The van der Waals surface area contributed by atoms with Crippen LogP contribution in [0, 0.1) is 12.8 Å². The Labute approximate surface area is 182 Å². The molecule has 0 spiro atoms. The lowest BCUT2D eigenvalue weighted by molar-refractivity contribution is -0.126. The number of ether oxygens (including phenoxy) is 1. The molecule has 164 valence electrons. The van der Waals surface area contributed by atoms with E-state index in [1.165, 1.54) is 0 Å². The second kappa shape index (κ2) is 8.53. The number of fused-ring (bicyclic) bond motifs is 1.